The Hall–Kier alpha value is -1.54. The van der Waals surface area contributed by atoms with E-state index >= 15 is 0 Å². The molecule has 3 atom stereocenters. The van der Waals surface area contributed by atoms with Gasteiger partial charge in [-0.1, -0.05) is 268 Å². The molecular weight excluding hydrogens is 912 g/mol. The number of nitrogens with zero attached hydrogens (tertiary/aromatic N) is 1. The van der Waals surface area contributed by atoms with E-state index < -0.39 is 20.0 Å². The lowest BCUT2D eigenvalue weighted by molar-refractivity contribution is -0.870. The van der Waals surface area contributed by atoms with Crippen molar-refractivity contribution in [1.82, 2.24) is 5.32 Å². The minimum atomic E-state index is -4.35. The highest BCUT2D eigenvalue weighted by atomic mass is 31.2. The fraction of sp³-hybridized carbons (Fsp3) is 0.857. The quantitative estimate of drug-likeness (QED) is 0.0243. The summed E-state index contributed by atoms with van der Waals surface area (Å²) in [4.78, 5) is 23.2. The van der Waals surface area contributed by atoms with E-state index in [0.29, 0.717) is 17.4 Å². The number of likely N-dealkylation sites (N-methyl/N-ethyl adjacent to an activating group) is 1. The van der Waals surface area contributed by atoms with Crippen molar-refractivity contribution in [2.75, 3.05) is 40.9 Å². The lowest BCUT2D eigenvalue weighted by Gasteiger charge is -2.25. The molecule has 0 aliphatic carbocycles. The molecule has 72 heavy (non-hydrogen) atoms. The topological polar surface area (TPSA) is 105 Å². The molecule has 0 spiro atoms. The lowest BCUT2D eigenvalue weighted by atomic mass is 10.0. The van der Waals surface area contributed by atoms with Crippen molar-refractivity contribution in [2.24, 2.45) is 0 Å². The van der Waals surface area contributed by atoms with Crippen LogP contribution in [0.1, 0.15) is 296 Å². The largest absolute Gasteiger partial charge is 0.472 e. The first-order chi connectivity index (χ1) is 35.0. The molecule has 0 saturated heterocycles. The number of nitrogens with one attached hydrogen (secondary N) is 1. The molecule has 424 valence electrons. The zero-order valence-electron chi connectivity index (χ0n) is 48.4. The summed E-state index contributed by atoms with van der Waals surface area (Å²) in [5, 5.41) is 13.9. The van der Waals surface area contributed by atoms with Crippen LogP contribution in [-0.4, -0.2) is 73.4 Å². The van der Waals surface area contributed by atoms with Crippen molar-refractivity contribution in [1.29, 1.82) is 0 Å². The first-order valence-electron chi connectivity index (χ1n) is 31.0. The van der Waals surface area contributed by atoms with Crippen molar-refractivity contribution >= 4 is 13.7 Å². The minimum absolute atomic E-state index is 0.0536. The van der Waals surface area contributed by atoms with Crippen molar-refractivity contribution in [3.05, 3.63) is 48.6 Å². The summed E-state index contributed by atoms with van der Waals surface area (Å²) in [6.07, 6.45) is 72.6. The number of rotatable bonds is 57. The zero-order valence-corrected chi connectivity index (χ0v) is 49.3. The molecule has 8 nitrogen and oxygen atoms in total. The van der Waals surface area contributed by atoms with Crippen LogP contribution in [0.5, 0.6) is 0 Å². The normalized spacial score (nSPS) is 14.2. The SMILES string of the molecule is CCCCC/C=C/CC/C=C/CC/C=C/C(O)C(COP(=O)(O)OCC[N+](C)(C)C)NC(=O)CCCCCCCCCCCCCCCCCCC/C=C\CCCCCCCCCCCCCCCCCC. The maximum absolute atomic E-state index is 13.0. The predicted molar refractivity (Wildman–Crippen MR) is 314 cm³/mol. The van der Waals surface area contributed by atoms with E-state index in [1.54, 1.807) is 6.08 Å². The van der Waals surface area contributed by atoms with E-state index in [2.05, 4.69) is 55.6 Å². The lowest BCUT2D eigenvalue weighted by Crippen LogP contribution is -2.45. The Morgan fingerprint density at radius 2 is 0.764 bits per heavy atom. The van der Waals surface area contributed by atoms with Gasteiger partial charge in [-0.15, -0.1) is 0 Å². The van der Waals surface area contributed by atoms with Gasteiger partial charge in [0, 0.05) is 6.42 Å². The molecule has 0 aliphatic rings. The summed E-state index contributed by atoms with van der Waals surface area (Å²) in [5.41, 5.74) is 0. The van der Waals surface area contributed by atoms with Gasteiger partial charge in [0.1, 0.15) is 13.2 Å². The van der Waals surface area contributed by atoms with Crippen LogP contribution in [0, 0.1) is 0 Å². The summed E-state index contributed by atoms with van der Waals surface area (Å²) in [6.45, 7) is 4.78. The van der Waals surface area contributed by atoms with Crippen molar-refractivity contribution in [3.8, 4) is 0 Å². The molecule has 3 N–H and O–H groups in total. The monoisotopic (exact) mass is 1030 g/mol. The van der Waals surface area contributed by atoms with Gasteiger partial charge in [-0.25, -0.2) is 4.57 Å². The molecular formula is C63H122N2O6P+. The third-order valence-electron chi connectivity index (χ3n) is 14.0. The van der Waals surface area contributed by atoms with Gasteiger partial charge in [0.05, 0.1) is 39.9 Å². The van der Waals surface area contributed by atoms with Gasteiger partial charge in [0.25, 0.3) is 0 Å². The number of carbonyl (C=O) groups excluding carboxylic acids is 1. The number of aliphatic hydroxyl groups is 1. The standard InChI is InChI=1S/C63H121N2O6P/c1-6-8-10-12-14-16-18-20-21-22-23-24-25-26-27-28-29-30-31-32-33-34-35-36-37-38-39-40-41-42-43-45-47-49-51-53-55-57-63(67)64-61(60-71-72(68,69)70-59-58-65(3,4)5)62(66)56-54-52-50-48-46-44-19-17-15-13-11-9-7-2/h15,17,30-31,46,48,54,56,61-62,66H,6-14,16,18-29,32-45,47,49-53,55,57-60H2,1-5H3,(H-,64,67,68,69)/p+1/b17-15+,31-30-,48-46+,56-54+. The van der Waals surface area contributed by atoms with Gasteiger partial charge in [-0.3, -0.25) is 13.8 Å². The van der Waals surface area contributed by atoms with Crippen LogP contribution in [0.15, 0.2) is 48.6 Å². The number of quaternary nitrogens is 1. The number of carbonyl (C=O) groups is 1. The van der Waals surface area contributed by atoms with Crippen molar-refractivity contribution in [3.63, 3.8) is 0 Å². The zero-order chi connectivity index (χ0) is 52.7. The van der Waals surface area contributed by atoms with Crippen LogP contribution in [0.25, 0.3) is 0 Å². The highest BCUT2D eigenvalue weighted by Gasteiger charge is 2.27. The van der Waals surface area contributed by atoms with Crippen molar-refractivity contribution < 1.29 is 32.9 Å². The van der Waals surface area contributed by atoms with E-state index in [1.807, 2.05) is 27.2 Å². The summed E-state index contributed by atoms with van der Waals surface area (Å²) in [7, 11) is 1.55. The van der Waals surface area contributed by atoms with Crippen LogP contribution in [0.3, 0.4) is 0 Å². The van der Waals surface area contributed by atoms with E-state index in [1.165, 1.54) is 225 Å². The molecule has 0 saturated carbocycles. The molecule has 1 amide bonds. The number of unbranched alkanes of at least 4 members (excludes halogenated alkanes) is 38. The van der Waals surface area contributed by atoms with Crippen LogP contribution in [-0.2, 0) is 18.4 Å². The highest BCUT2D eigenvalue weighted by Crippen LogP contribution is 2.43. The average molecular weight is 1030 g/mol. The van der Waals surface area contributed by atoms with Crippen LogP contribution in [0.2, 0.25) is 0 Å². The third kappa shape index (κ3) is 56.2. The van der Waals surface area contributed by atoms with Gasteiger partial charge in [0.15, 0.2) is 0 Å². The number of allylic oxidation sites excluding steroid dienone is 7. The van der Waals surface area contributed by atoms with Crippen molar-refractivity contribution in [2.45, 2.75) is 309 Å². The van der Waals surface area contributed by atoms with E-state index in [-0.39, 0.29) is 19.1 Å². The number of hydrogen-bond donors (Lipinski definition) is 3. The smallest absolute Gasteiger partial charge is 0.387 e. The summed E-state index contributed by atoms with van der Waals surface area (Å²) >= 11 is 0. The molecule has 9 heteroatoms. The summed E-state index contributed by atoms with van der Waals surface area (Å²) < 4.78 is 23.6. The molecule has 0 heterocycles. The molecule has 0 fully saturated rings. The van der Waals surface area contributed by atoms with Gasteiger partial charge < -0.3 is 19.8 Å². The van der Waals surface area contributed by atoms with Crippen LogP contribution >= 0.6 is 7.82 Å². The molecule has 0 rings (SSSR count). The number of phosphoric ester groups is 1. The number of aliphatic hydroxyl groups excluding tert-OH is 1. The second-order valence-electron chi connectivity index (χ2n) is 22.4. The Kier molecular flexibility index (Phi) is 53.1. The Bertz CT molecular complexity index is 1310. The molecule has 0 aromatic rings. The van der Waals surface area contributed by atoms with E-state index in [4.69, 9.17) is 9.05 Å². The maximum atomic E-state index is 13.0. The van der Waals surface area contributed by atoms with E-state index in [9.17, 15) is 19.4 Å². The van der Waals surface area contributed by atoms with Crippen LogP contribution < -0.4 is 5.32 Å². The summed E-state index contributed by atoms with van der Waals surface area (Å²) in [6, 6.07) is -0.869. The maximum Gasteiger partial charge on any atom is 0.472 e. The van der Waals surface area contributed by atoms with Gasteiger partial charge in [0.2, 0.25) is 5.91 Å². The minimum Gasteiger partial charge on any atom is -0.387 e. The molecule has 3 unspecified atom stereocenters. The first kappa shape index (κ1) is 70.5. The number of hydrogen-bond acceptors (Lipinski definition) is 5. The van der Waals surface area contributed by atoms with Gasteiger partial charge in [-0.05, 0) is 70.6 Å². The molecule has 0 aromatic carbocycles. The highest BCUT2D eigenvalue weighted by molar-refractivity contribution is 7.47. The second-order valence-corrected chi connectivity index (χ2v) is 23.9. The van der Waals surface area contributed by atoms with E-state index in [0.717, 1.165) is 51.4 Å². The third-order valence-corrected chi connectivity index (χ3v) is 15.0. The van der Waals surface area contributed by atoms with Gasteiger partial charge >= 0.3 is 7.82 Å². The molecule has 0 aromatic heterocycles. The molecule has 0 bridgehead atoms. The Morgan fingerprint density at radius 3 is 1.14 bits per heavy atom. The summed E-state index contributed by atoms with van der Waals surface area (Å²) in [5.74, 6) is -0.189. The fourth-order valence-corrected chi connectivity index (χ4v) is 9.87. The Labute approximate surface area is 448 Å². The van der Waals surface area contributed by atoms with Gasteiger partial charge in [-0.2, -0.15) is 0 Å². The number of phosphoric acid groups is 1. The molecule has 0 radical (unpaired) electrons. The number of amides is 1. The molecule has 0 aliphatic heterocycles. The Morgan fingerprint density at radius 1 is 0.458 bits per heavy atom. The Balaban J connectivity index is 3.93. The predicted octanol–water partition coefficient (Wildman–Crippen LogP) is 19.1. The average Bonchev–Trinajstić information content (AvgIpc) is 3.34. The fourth-order valence-electron chi connectivity index (χ4n) is 9.13. The second kappa shape index (κ2) is 54.3. The van der Waals surface area contributed by atoms with Crippen LogP contribution in [0.4, 0.5) is 0 Å². The first-order valence-corrected chi connectivity index (χ1v) is 32.5.